The largest absolute Gasteiger partial charge is 0.422 e. The summed E-state index contributed by atoms with van der Waals surface area (Å²) in [5, 5.41) is 6.53. The number of rotatable bonds is 11. The first-order valence-electron chi connectivity index (χ1n) is 11.4. The lowest BCUT2D eigenvalue weighted by molar-refractivity contribution is -0.121. The van der Waals surface area contributed by atoms with E-state index in [4.69, 9.17) is 16.3 Å². The minimum absolute atomic E-state index is 0.123. The molecule has 0 aliphatic rings. The van der Waals surface area contributed by atoms with Crippen LogP contribution in [0.3, 0.4) is 0 Å². The molecule has 5 nitrogen and oxygen atoms in total. The zero-order valence-corrected chi connectivity index (χ0v) is 19.6. The van der Waals surface area contributed by atoms with Gasteiger partial charge in [-0.2, -0.15) is 5.10 Å². The molecule has 0 bridgehead atoms. The lowest BCUT2D eigenvalue weighted by atomic mass is 10.0. The number of benzene rings is 3. The lowest BCUT2D eigenvalue weighted by Gasteiger charge is -2.10. The van der Waals surface area contributed by atoms with E-state index in [1.54, 1.807) is 30.3 Å². The van der Waals surface area contributed by atoms with E-state index in [0.717, 1.165) is 30.0 Å². The van der Waals surface area contributed by atoms with Gasteiger partial charge in [-0.1, -0.05) is 81.0 Å². The molecule has 0 saturated heterocycles. The third kappa shape index (κ3) is 7.43. The molecule has 0 fully saturated rings. The molecule has 3 rings (SSSR count). The average molecular weight is 465 g/mol. The van der Waals surface area contributed by atoms with E-state index in [0.29, 0.717) is 28.3 Å². The number of hydrazone groups is 1. The topological polar surface area (TPSA) is 67.8 Å². The molecule has 1 amide bonds. The summed E-state index contributed by atoms with van der Waals surface area (Å²) in [5.74, 6) is -0.257. The maximum absolute atomic E-state index is 12.6. The Balaban J connectivity index is 1.69. The van der Waals surface area contributed by atoms with Crippen molar-refractivity contribution in [2.45, 2.75) is 51.9 Å². The second-order valence-electron chi connectivity index (χ2n) is 7.91. The van der Waals surface area contributed by atoms with E-state index in [-0.39, 0.29) is 5.91 Å². The van der Waals surface area contributed by atoms with Crippen molar-refractivity contribution in [3.63, 3.8) is 0 Å². The summed E-state index contributed by atoms with van der Waals surface area (Å²) in [6.07, 6.45) is 8.70. The number of esters is 1. The van der Waals surface area contributed by atoms with Crippen molar-refractivity contribution < 1.29 is 14.3 Å². The minimum atomic E-state index is -0.497. The van der Waals surface area contributed by atoms with Crippen molar-refractivity contribution in [3.05, 3.63) is 76.8 Å². The van der Waals surface area contributed by atoms with Crippen LogP contribution in [0.4, 0.5) is 0 Å². The molecule has 0 unspecified atom stereocenters. The van der Waals surface area contributed by atoms with Crippen LogP contribution in [0, 0.1) is 0 Å². The predicted octanol–water partition coefficient (Wildman–Crippen LogP) is 6.91. The van der Waals surface area contributed by atoms with Crippen LogP contribution in [-0.2, 0) is 4.79 Å². The first-order valence-corrected chi connectivity index (χ1v) is 11.8. The van der Waals surface area contributed by atoms with Gasteiger partial charge in [-0.15, -0.1) is 0 Å². The van der Waals surface area contributed by atoms with E-state index >= 15 is 0 Å². The second kappa shape index (κ2) is 12.8. The van der Waals surface area contributed by atoms with E-state index < -0.39 is 5.97 Å². The van der Waals surface area contributed by atoms with Gasteiger partial charge in [-0.3, -0.25) is 4.79 Å². The van der Waals surface area contributed by atoms with Crippen LogP contribution in [0.25, 0.3) is 10.8 Å². The van der Waals surface area contributed by atoms with Crippen LogP contribution in [0.2, 0.25) is 5.02 Å². The molecule has 172 valence electrons. The summed E-state index contributed by atoms with van der Waals surface area (Å²) >= 11 is 5.91. The standard InChI is InChI=1S/C27H29ClN2O3/c1-2-3-4-5-6-7-12-26(31)30-29-19-24-23-11-9-8-10-20(23)15-18-25(24)33-27(32)21-13-16-22(28)17-14-21/h8-11,13-19H,2-7,12H2,1H3,(H,30,31). The van der Waals surface area contributed by atoms with Gasteiger partial charge in [-0.25, -0.2) is 10.2 Å². The Labute approximate surface area is 199 Å². The molecule has 0 aliphatic heterocycles. The number of carbonyl (C=O) groups excluding carboxylic acids is 2. The quantitative estimate of drug-likeness (QED) is 0.110. The molecule has 33 heavy (non-hydrogen) atoms. The van der Waals surface area contributed by atoms with Crippen LogP contribution < -0.4 is 10.2 Å². The number of amides is 1. The fourth-order valence-electron chi connectivity index (χ4n) is 3.53. The Morgan fingerprint density at radius 2 is 1.67 bits per heavy atom. The number of ether oxygens (including phenoxy) is 1. The molecular formula is C27H29ClN2O3. The van der Waals surface area contributed by atoms with Crippen LogP contribution in [-0.4, -0.2) is 18.1 Å². The third-order valence-electron chi connectivity index (χ3n) is 5.35. The Morgan fingerprint density at radius 3 is 2.45 bits per heavy atom. The summed E-state index contributed by atoms with van der Waals surface area (Å²) in [7, 11) is 0. The van der Waals surface area contributed by atoms with E-state index in [1.807, 2.05) is 30.3 Å². The van der Waals surface area contributed by atoms with Crippen molar-refractivity contribution in [1.29, 1.82) is 0 Å². The van der Waals surface area contributed by atoms with Gasteiger partial charge in [0.15, 0.2) is 0 Å². The predicted molar refractivity (Wildman–Crippen MR) is 134 cm³/mol. The number of hydrogen-bond donors (Lipinski definition) is 1. The molecule has 3 aromatic rings. The van der Waals surface area contributed by atoms with Crippen molar-refractivity contribution in [2.75, 3.05) is 0 Å². The smallest absolute Gasteiger partial charge is 0.343 e. The fraction of sp³-hybridized carbons (Fsp3) is 0.296. The molecule has 0 heterocycles. The molecule has 6 heteroatoms. The highest BCUT2D eigenvalue weighted by Crippen LogP contribution is 2.27. The Bertz CT molecular complexity index is 1110. The summed E-state index contributed by atoms with van der Waals surface area (Å²) in [4.78, 5) is 24.8. The SMILES string of the molecule is CCCCCCCCC(=O)NN=Cc1c(OC(=O)c2ccc(Cl)cc2)ccc2ccccc12. The van der Waals surface area contributed by atoms with Crippen LogP contribution in [0.1, 0.15) is 67.8 Å². The highest BCUT2D eigenvalue weighted by atomic mass is 35.5. The van der Waals surface area contributed by atoms with Crippen molar-refractivity contribution in [3.8, 4) is 5.75 Å². The summed E-state index contributed by atoms with van der Waals surface area (Å²) in [6, 6.07) is 17.9. The number of nitrogens with zero attached hydrogens (tertiary/aromatic N) is 1. The maximum atomic E-state index is 12.6. The van der Waals surface area contributed by atoms with Crippen LogP contribution in [0.5, 0.6) is 5.75 Å². The fourth-order valence-corrected chi connectivity index (χ4v) is 3.66. The molecule has 0 saturated carbocycles. The summed E-state index contributed by atoms with van der Waals surface area (Å²) in [6.45, 7) is 2.19. The van der Waals surface area contributed by atoms with Gasteiger partial charge >= 0.3 is 5.97 Å². The van der Waals surface area contributed by atoms with Crippen molar-refractivity contribution in [2.24, 2.45) is 5.10 Å². The lowest BCUT2D eigenvalue weighted by Crippen LogP contribution is -2.17. The number of fused-ring (bicyclic) bond motifs is 1. The van der Waals surface area contributed by atoms with Gasteiger partial charge < -0.3 is 4.74 Å². The monoisotopic (exact) mass is 464 g/mol. The minimum Gasteiger partial charge on any atom is -0.422 e. The summed E-state index contributed by atoms with van der Waals surface area (Å²) in [5.41, 5.74) is 3.60. The normalized spacial score (nSPS) is 11.1. The van der Waals surface area contributed by atoms with Gasteiger partial charge in [0.2, 0.25) is 5.91 Å². The van der Waals surface area contributed by atoms with Gasteiger partial charge in [0, 0.05) is 17.0 Å². The Hall–Kier alpha value is -3.18. The average Bonchev–Trinajstić information content (AvgIpc) is 2.82. The number of unbranched alkanes of at least 4 members (excludes halogenated alkanes) is 5. The number of hydrogen-bond acceptors (Lipinski definition) is 4. The first-order chi connectivity index (χ1) is 16.1. The van der Waals surface area contributed by atoms with Gasteiger partial charge in [0.25, 0.3) is 0 Å². The molecule has 0 spiro atoms. The molecule has 0 atom stereocenters. The zero-order valence-electron chi connectivity index (χ0n) is 18.9. The van der Waals surface area contributed by atoms with Crippen molar-refractivity contribution >= 4 is 40.5 Å². The Morgan fingerprint density at radius 1 is 0.939 bits per heavy atom. The third-order valence-corrected chi connectivity index (χ3v) is 5.61. The highest BCUT2D eigenvalue weighted by molar-refractivity contribution is 6.30. The van der Waals surface area contributed by atoms with Crippen molar-refractivity contribution in [1.82, 2.24) is 5.43 Å². The molecule has 1 N–H and O–H groups in total. The molecule has 0 aromatic heterocycles. The first kappa shape index (κ1) is 24.5. The van der Waals surface area contributed by atoms with Gasteiger partial charge in [0.05, 0.1) is 11.8 Å². The van der Waals surface area contributed by atoms with E-state index in [2.05, 4.69) is 17.5 Å². The molecule has 0 radical (unpaired) electrons. The number of nitrogens with one attached hydrogen (secondary N) is 1. The molecule has 0 aliphatic carbocycles. The number of carbonyl (C=O) groups is 2. The van der Waals surface area contributed by atoms with Crippen LogP contribution in [0.15, 0.2) is 65.8 Å². The zero-order chi connectivity index (χ0) is 23.5. The number of halogens is 1. The van der Waals surface area contributed by atoms with Crippen LogP contribution >= 0.6 is 11.6 Å². The van der Waals surface area contributed by atoms with Gasteiger partial charge in [-0.05, 0) is 47.5 Å². The van der Waals surface area contributed by atoms with E-state index in [9.17, 15) is 9.59 Å². The maximum Gasteiger partial charge on any atom is 0.343 e. The Kier molecular flexibility index (Phi) is 9.45. The highest BCUT2D eigenvalue weighted by Gasteiger charge is 2.13. The second-order valence-corrected chi connectivity index (χ2v) is 8.34. The summed E-state index contributed by atoms with van der Waals surface area (Å²) < 4.78 is 5.66. The molecular weight excluding hydrogens is 436 g/mol. The van der Waals surface area contributed by atoms with E-state index in [1.165, 1.54) is 25.5 Å². The van der Waals surface area contributed by atoms with Gasteiger partial charge in [0.1, 0.15) is 5.75 Å². The molecule has 3 aromatic carbocycles.